The third kappa shape index (κ3) is 14.0. The van der Waals surface area contributed by atoms with Crippen LogP contribution in [0.1, 0.15) is 103 Å². The number of unbranched alkanes of at least 4 members (excludes halogenated alkanes) is 11. The van der Waals surface area contributed by atoms with Crippen LogP contribution in [0.5, 0.6) is 0 Å². The van der Waals surface area contributed by atoms with Gasteiger partial charge in [0.15, 0.2) is 0 Å². The average molecular weight is 420 g/mol. The molecule has 0 bridgehead atoms. The van der Waals surface area contributed by atoms with Crippen LogP contribution in [0, 0.1) is 0 Å². The molecule has 0 saturated carbocycles. The van der Waals surface area contributed by atoms with E-state index in [2.05, 4.69) is 34.4 Å². The van der Waals surface area contributed by atoms with E-state index in [1.165, 1.54) is 70.5 Å². The van der Waals surface area contributed by atoms with Crippen molar-refractivity contribution >= 4 is 11.9 Å². The predicted octanol–water partition coefficient (Wildman–Crippen LogP) is 5.56. The Kier molecular flexibility index (Phi) is 15.3. The van der Waals surface area contributed by atoms with Crippen LogP contribution in [0.15, 0.2) is 24.7 Å². The number of aliphatic carboxylic acids is 1. The second-order valence-electron chi connectivity index (χ2n) is 8.07. The molecule has 0 aliphatic heterocycles. The normalized spacial score (nSPS) is 12.3. The minimum Gasteiger partial charge on any atom is -0.480 e. The number of hydrogen-bond acceptors (Lipinski definition) is 3. The summed E-state index contributed by atoms with van der Waals surface area (Å²) in [6, 6.07) is -0.914. The van der Waals surface area contributed by atoms with Crippen LogP contribution in [0.2, 0.25) is 0 Å². The molecule has 170 valence electrons. The van der Waals surface area contributed by atoms with Gasteiger partial charge in [-0.3, -0.25) is 4.79 Å². The number of imidazole rings is 1. The van der Waals surface area contributed by atoms with Crippen molar-refractivity contribution in [3.63, 3.8) is 0 Å². The number of H-pyrrole nitrogens is 1. The molecule has 1 amide bonds. The van der Waals surface area contributed by atoms with Crippen molar-refractivity contribution in [2.75, 3.05) is 0 Å². The van der Waals surface area contributed by atoms with E-state index in [0.717, 1.165) is 19.3 Å². The summed E-state index contributed by atoms with van der Waals surface area (Å²) in [6.45, 7) is 2.24. The van der Waals surface area contributed by atoms with Crippen molar-refractivity contribution in [3.05, 3.63) is 30.4 Å². The number of rotatable bonds is 19. The number of nitrogens with zero attached hydrogens (tertiary/aromatic N) is 1. The first-order chi connectivity index (χ1) is 14.6. The summed E-state index contributed by atoms with van der Waals surface area (Å²) < 4.78 is 0. The monoisotopic (exact) mass is 419 g/mol. The number of carbonyl (C=O) groups is 2. The number of nitrogens with one attached hydrogen (secondary N) is 2. The van der Waals surface area contributed by atoms with Gasteiger partial charge < -0.3 is 15.4 Å². The molecule has 30 heavy (non-hydrogen) atoms. The summed E-state index contributed by atoms with van der Waals surface area (Å²) in [4.78, 5) is 30.1. The molecular weight excluding hydrogens is 378 g/mol. The smallest absolute Gasteiger partial charge is 0.326 e. The molecule has 0 aliphatic carbocycles. The first kappa shape index (κ1) is 25.9. The maximum atomic E-state index is 12.0. The second-order valence-corrected chi connectivity index (χ2v) is 8.07. The highest BCUT2D eigenvalue weighted by atomic mass is 16.4. The molecule has 0 aliphatic rings. The quantitative estimate of drug-likeness (QED) is 0.202. The highest BCUT2D eigenvalue weighted by Crippen LogP contribution is 2.11. The van der Waals surface area contributed by atoms with E-state index in [1.807, 2.05) is 0 Å². The Balaban J connectivity index is 1.95. The highest BCUT2D eigenvalue weighted by molar-refractivity contribution is 5.83. The lowest BCUT2D eigenvalue weighted by atomic mass is 10.1. The second kappa shape index (κ2) is 17.7. The highest BCUT2D eigenvalue weighted by Gasteiger charge is 2.20. The molecule has 0 radical (unpaired) electrons. The third-order valence-corrected chi connectivity index (χ3v) is 5.28. The lowest BCUT2D eigenvalue weighted by Gasteiger charge is -2.13. The van der Waals surface area contributed by atoms with Gasteiger partial charge in [0.2, 0.25) is 5.91 Å². The van der Waals surface area contributed by atoms with E-state index in [1.54, 1.807) is 6.20 Å². The maximum Gasteiger partial charge on any atom is 0.326 e. The zero-order valence-corrected chi connectivity index (χ0v) is 18.7. The molecule has 1 rings (SSSR count). The fourth-order valence-electron chi connectivity index (χ4n) is 3.44. The van der Waals surface area contributed by atoms with Gasteiger partial charge in [-0.05, 0) is 32.1 Å². The Bertz CT molecular complexity index is 585. The van der Waals surface area contributed by atoms with Crippen molar-refractivity contribution in [1.29, 1.82) is 0 Å². The molecular formula is C24H41N3O3. The topological polar surface area (TPSA) is 95.1 Å². The summed E-state index contributed by atoms with van der Waals surface area (Å²) >= 11 is 0. The zero-order valence-electron chi connectivity index (χ0n) is 18.7. The van der Waals surface area contributed by atoms with E-state index in [0.29, 0.717) is 12.1 Å². The van der Waals surface area contributed by atoms with Crippen LogP contribution < -0.4 is 5.32 Å². The number of aromatic amines is 1. The van der Waals surface area contributed by atoms with Crippen LogP contribution in [0.25, 0.3) is 0 Å². The summed E-state index contributed by atoms with van der Waals surface area (Å²) in [5.74, 6) is -1.22. The molecule has 0 fully saturated rings. The molecule has 0 saturated heterocycles. The molecule has 6 heteroatoms. The van der Waals surface area contributed by atoms with Crippen molar-refractivity contribution in [1.82, 2.24) is 15.3 Å². The summed E-state index contributed by atoms with van der Waals surface area (Å²) in [6.07, 6.45) is 24.1. The lowest BCUT2D eigenvalue weighted by Crippen LogP contribution is -2.42. The summed E-state index contributed by atoms with van der Waals surface area (Å²) in [7, 11) is 0. The summed E-state index contributed by atoms with van der Waals surface area (Å²) in [5.41, 5.74) is 0.699. The summed E-state index contributed by atoms with van der Waals surface area (Å²) in [5, 5.41) is 11.9. The van der Waals surface area contributed by atoms with Crippen LogP contribution in [0.3, 0.4) is 0 Å². The Hall–Kier alpha value is -2.11. The SMILES string of the molecule is CCCCCC/C=C\CCCCCCCCCC(=O)NC(Cc1cnc[nH]1)C(=O)O. The van der Waals surface area contributed by atoms with Gasteiger partial charge in [0.25, 0.3) is 0 Å². The first-order valence-electron chi connectivity index (χ1n) is 11.8. The number of allylic oxidation sites excluding steroid dienone is 2. The molecule has 1 aromatic heterocycles. The van der Waals surface area contributed by atoms with Crippen LogP contribution in [-0.2, 0) is 16.0 Å². The van der Waals surface area contributed by atoms with E-state index in [-0.39, 0.29) is 12.3 Å². The minimum atomic E-state index is -1.02. The molecule has 6 nitrogen and oxygen atoms in total. The third-order valence-electron chi connectivity index (χ3n) is 5.28. The van der Waals surface area contributed by atoms with Crippen molar-refractivity contribution < 1.29 is 14.7 Å². The molecule has 1 aromatic rings. The van der Waals surface area contributed by atoms with Crippen molar-refractivity contribution in [2.24, 2.45) is 0 Å². The Morgan fingerprint density at radius 1 is 1.00 bits per heavy atom. The molecule has 1 heterocycles. The average Bonchev–Trinajstić information content (AvgIpc) is 3.23. The number of carboxylic acids is 1. The minimum absolute atomic E-state index is 0.191. The van der Waals surface area contributed by atoms with Gasteiger partial charge in [-0.2, -0.15) is 0 Å². The maximum absolute atomic E-state index is 12.0. The molecule has 3 N–H and O–H groups in total. The Morgan fingerprint density at radius 3 is 2.17 bits per heavy atom. The van der Waals surface area contributed by atoms with Gasteiger partial charge >= 0.3 is 5.97 Å². The predicted molar refractivity (Wildman–Crippen MR) is 121 cm³/mol. The zero-order chi connectivity index (χ0) is 21.9. The number of carboxylic acid groups (broad SMARTS) is 1. The Morgan fingerprint density at radius 2 is 1.60 bits per heavy atom. The number of amides is 1. The van der Waals surface area contributed by atoms with Crippen LogP contribution >= 0.6 is 0 Å². The van der Waals surface area contributed by atoms with E-state index < -0.39 is 12.0 Å². The largest absolute Gasteiger partial charge is 0.480 e. The van der Waals surface area contributed by atoms with Gasteiger partial charge in [-0.15, -0.1) is 0 Å². The van der Waals surface area contributed by atoms with Crippen LogP contribution in [0.4, 0.5) is 0 Å². The molecule has 1 unspecified atom stereocenters. The molecule has 0 aromatic carbocycles. The van der Waals surface area contributed by atoms with Gasteiger partial charge in [-0.25, -0.2) is 9.78 Å². The van der Waals surface area contributed by atoms with Gasteiger partial charge in [0.1, 0.15) is 6.04 Å². The lowest BCUT2D eigenvalue weighted by molar-refractivity contribution is -0.141. The first-order valence-corrected chi connectivity index (χ1v) is 11.8. The molecule has 0 spiro atoms. The van der Waals surface area contributed by atoms with Gasteiger partial charge in [-0.1, -0.05) is 70.4 Å². The van der Waals surface area contributed by atoms with E-state index in [9.17, 15) is 14.7 Å². The Labute approximate surface area is 182 Å². The van der Waals surface area contributed by atoms with E-state index >= 15 is 0 Å². The standard InChI is InChI=1S/C24H41N3O3/c1-2-3-4-5-6-7-8-9-10-11-12-13-14-15-16-17-23(28)27-22(24(29)30)18-21-19-25-20-26-21/h7-8,19-20,22H,2-6,9-18H2,1H3,(H,25,26)(H,27,28)(H,29,30)/b8-7-. The molecule has 1 atom stereocenters. The van der Waals surface area contributed by atoms with Crippen molar-refractivity contribution in [2.45, 2.75) is 109 Å². The van der Waals surface area contributed by atoms with Gasteiger partial charge in [0, 0.05) is 24.7 Å². The van der Waals surface area contributed by atoms with Gasteiger partial charge in [0.05, 0.1) is 6.33 Å². The number of carbonyl (C=O) groups excluding carboxylic acids is 1. The van der Waals surface area contributed by atoms with Crippen molar-refractivity contribution in [3.8, 4) is 0 Å². The number of aromatic nitrogens is 2. The fourth-order valence-corrected chi connectivity index (χ4v) is 3.44. The van der Waals surface area contributed by atoms with E-state index in [4.69, 9.17) is 0 Å². The van der Waals surface area contributed by atoms with Crippen LogP contribution in [-0.4, -0.2) is 33.0 Å². The fraction of sp³-hybridized carbons (Fsp3) is 0.708. The number of hydrogen-bond donors (Lipinski definition) is 3.